The van der Waals surface area contributed by atoms with Gasteiger partial charge in [0.1, 0.15) is 18.3 Å². The summed E-state index contributed by atoms with van der Waals surface area (Å²) < 4.78 is 15.4. The molecule has 3 rings (SSSR count). The average molecular weight is 289 g/mol. The standard InChI is InChI=1S/C14H16FN5O/c15-12-6-11(3-4-13(12)20-9-17-8-18-20)19-14(21)10-2-1-5-16-7-10/h3-4,6,8-10,16H,1-2,5,7H2,(H,19,21)/t10-/m1/s1. The highest BCUT2D eigenvalue weighted by atomic mass is 19.1. The maximum Gasteiger partial charge on any atom is 0.228 e. The van der Waals surface area contributed by atoms with Gasteiger partial charge in [-0.15, -0.1) is 0 Å². The molecule has 2 heterocycles. The molecule has 0 bridgehead atoms. The van der Waals surface area contributed by atoms with Crippen LogP contribution in [0.1, 0.15) is 12.8 Å². The first-order valence-electron chi connectivity index (χ1n) is 6.90. The van der Waals surface area contributed by atoms with Crippen molar-refractivity contribution in [2.45, 2.75) is 12.8 Å². The summed E-state index contributed by atoms with van der Waals surface area (Å²) in [6.45, 7) is 1.62. The third-order valence-electron chi connectivity index (χ3n) is 3.55. The average Bonchev–Trinajstić information content (AvgIpc) is 3.02. The van der Waals surface area contributed by atoms with Crippen LogP contribution in [-0.2, 0) is 4.79 Å². The molecule has 0 unspecified atom stereocenters. The van der Waals surface area contributed by atoms with E-state index in [1.165, 1.54) is 23.4 Å². The lowest BCUT2D eigenvalue weighted by Crippen LogP contribution is -2.37. The third kappa shape index (κ3) is 3.08. The van der Waals surface area contributed by atoms with E-state index in [4.69, 9.17) is 0 Å². The third-order valence-corrected chi connectivity index (χ3v) is 3.55. The number of rotatable bonds is 3. The Hall–Kier alpha value is -2.28. The van der Waals surface area contributed by atoms with Crippen LogP contribution in [-0.4, -0.2) is 33.8 Å². The summed E-state index contributed by atoms with van der Waals surface area (Å²) >= 11 is 0. The lowest BCUT2D eigenvalue weighted by Gasteiger charge is -2.22. The highest BCUT2D eigenvalue weighted by Crippen LogP contribution is 2.19. The number of carbonyl (C=O) groups excluding carboxylic acids is 1. The van der Waals surface area contributed by atoms with E-state index in [1.807, 2.05) is 0 Å². The van der Waals surface area contributed by atoms with Gasteiger partial charge in [-0.2, -0.15) is 5.10 Å². The summed E-state index contributed by atoms with van der Waals surface area (Å²) in [6, 6.07) is 4.53. The van der Waals surface area contributed by atoms with E-state index in [9.17, 15) is 9.18 Å². The molecule has 1 fully saturated rings. The van der Waals surface area contributed by atoms with Gasteiger partial charge in [0.05, 0.1) is 5.92 Å². The number of aromatic nitrogens is 3. The van der Waals surface area contributed by atoms with Gasteiger partial charge < -0.3 is 10.6 Å². The van der Waals surface area contributed by atoms with Crippen LogP contribution in [0.15, 0.2) is 30.9 Å². The molecule has 110 valence electrons. The minimum Gasteiger partial charge on any atom is -0.326 e. The van der Waals surface area contributed by atoms with Crippen molar-refractivity contribution in [2.24, 2.45) is 5.92 Å². The van der Waals surface area contributed by atoms with E-state index in [2.05, 4.69) is 20.7 Å². The van der Waals surface area contributed by atoms with Crippen LogP contribution in [0.4, 0.5) is 10.1 Å². The van der Waals surface area contributed by atoms with Crippen LogP contribution < -0.4 is 10.6 Å². The second-order valence-corrected chi connectivity index (χ2v) is 5.04. The van der Waals surface area contributed by atoms with Crippen LogP contribution >= 0.6 is 0 Å². The molecule has 0 radical (unpaired) electrons. The lowest BCUT2D eigenvalue weighted by atomic mass is 9.99. The Kier molecular flexibility index (Phi) is 3.92. The van der Waals surface area contributed by atoms with E-state index in [-0.39, 0.29) is 11.8 Å². The van der Waals surface area contributed by atoms with Crippen LogP contribution in [0.2, 0.25) is 0 Å². The molecule has 2 N–H and O–H groups in total. The second-order valence-electron chi connectivity index (χ2n) is 5.04. The number of hydrogen-bond acceptors (Lipinski definition) is 4. The van der Waals surface area contributed by atoms with Gasteiger partial charge in [0.25, 0.3) is 0 Å². The van der Waals surface area contributed by atoms with Crippen LogP contribution in [0.5, 0.6) is 0 Å². The minimum absolute atomic E-state index is 0.0585. The molecule has 1 aliphatic rings. The zero-order chi connectivity index (χ0) is 14.7. The van der Waals surface area contributed by atoms with Crippen molar-refractivity contribution >= 4 is 11.6 Å². The highest BCUT2D eigenvalue weighted by Gasteiger charge is 2.21. The molecule has 2 aromatic rings. The molecule has 0 saturated carbocycles. The summed E-state index contributed by atoms with van der Waals surface area (Å²) in [6.07, 6.45) is 4.60. The normalized spacial score (nSPS) is 18.4. The summed E-state index contributed by atoms with van der Waals surface area (Å²) in [5, 5.41) is 9.83. The fourth-order valence-electron chi connectivity index (χ4n) is 2.42. The number of hydrogen-bond donors (Lipinski definition) is 2. The molecule has 21 heavy (non-hydrogen) atoms. The fourth-order valence-corrected chi connectivity index (χ4v) is 2.42. The van der Waals surface area contributed by atoms with E-state index in [0.29, 0.717) is 17.9 Å². The number of halogens is 1. The summed E-state index contributed by atoms with van der Waals surface area (Å²) in [7, 11) is 0. The summed E-state index contributed by atoms with van der Waals surface area (Å²) in [5.74, 6) is -0.591. The Labute approximate surface area is 121 Å². The number of benzene rings is 1. The molecule has 1 amide bonds. The molecule has 0 spiro atoms. The van der Waals surface area contributed by atoms with Gasteiger partial charge in [0.15, 0.2) is 5.82 Å². The van der Waals surface area contributed by atoms with Crippen molar-refractivity contribution in [1.29, 1.82) is 0 Å². The fraction of sp³-hybridized carbons (Fsp3) is 0.357. The van der Waals surface area contributed by atoms with Crippen LogP contribution in [0.3, 0.4) is 0 Å². The maximum atomic E-state index is 14.1. The molecule has 0 aliphatic carbocycles. The number of piperidine rings is 1. The SMILES string of the molecule is O=C(Nc1ccc(-n2cncn2)c(F)c1)[C@@H]1CCCNC1. The van der Waals surface area contributed by atoms with E-state index in [1.54, 1.807) is 12.1 Å². The zero-order valence-electron chi connectivity index (χ0n) is 11.4. The van der Waals surface area contributed by atoms with Gasteiger partial charge in [-0.3, -0.25) is 4.79 Å². The predicted octanol–water partition coefficient (Wildman–Crippen LogP) is 1.34. The number of amides is 1. The second kappa shape index (κ2) is 6.01. The first kappa shape index (κ1) is 13.7. The Morgan fingerprint density at radius 1 is 1.48 bits per heavy atom. The van der Waals surface area contributed by atoms with Gasteiger partial charge in [-0.1, -0.05) is 0 Å². The van der Waals surface area contributed by atoms with Crippen molar-refractivity contribution in [1.82, 2.24) is 20.1 Å². The van der Waals surface area contributed by atoms with Gasteiger partial charge in [-0.25, -0.2) is 14.1 Å². The molecule has 1 aromatic carbocycles. The topological polar surface area (TPSA) is 71.8 Å². The molecule has 1 aliphatic heterocycles. The maximum absolute atomic E-state index is 14.1. The van der Waals surface area contributed by atoms with Crippen molar-refractivity contribution in [3.8, 4) is 5.69 Å². The Balaban J connectivity index is 1.72. The molecule has 1 aromatic heterocycles. The lowest BCUT2D eigenvalue weighted by molar-refractivity contribution is -0.120. The Bertz CT molecular complexity index is 622. The van der Waals surface area contributed by atoms with E-state index < -0.39 is 5.82 Å². The van der Waals surface area contributed by atoms with Crippen molar-refractivity contribution in [2.75, 3.05) is 18.4 Å². The Morgan fingerprint density at radius 3 is 3.05 bits per heavy atom. The Morgan fingerprint density at radius 2 is 2.38 bits per heavy atom. The molecule has 1 saturated heterocycles. The molecule has 7 heteroatoms. The van der Waals surface area contributed by atoms with Gasteiger partial charge in [0, 0.05) is 12.2 Å². The monoisotopic (exact) mass is 289 g/mol. The van der Waals surface area contributed by atoms with Gasteiger partial charge >= 0.3 is 0 Å². The number of nitrogens with zero attached hydrogens (tertiary/aromatic N) is 3. The molecule has 6 nitrogen and oxygen atoms in total. The minimum atomic E-state index is -0.458. The predicted molar refractivity (Wildman–Crippen MR) is 75.5 cm³/mol. The largest absolute Gasteiger partial charge is 0.326 e. The summed E-state index contributed by atoms with van der Waals surface area (Å²) in [4.78, 5) is 15.9. The number of anilines is 1. The van der Waals surface area contributed by atoms with E-state index in [0.717, 1.165) is 19.4 Å². The van der Waals surface area contributed by atoms with Crippen LogP contribution in [0, 0.1) is 11.7 Å². The first-order valence-corrected chi connectivity index (χ1v) is 6.90. The molecular formula is C14H16FN5O. The van der Waals surface area contributed by atoms with Gasteiger partial charge in [-0.05, 0) is 37.6 Å². The van der Waals surface area contributed by atoms with E-state index >= 15 is 0 Å². The summed E-state index contributed by atoms with van der Waals surface area (Å²) in [5.41, 5.74) is 0.747. The smallest absolute Gasteiger partial charge is 0.228 e. The van der Waals surface area contributed by atoms with Crippen molar-refractivity contribution in [3.63, 3.8) is 0 Å². The van der Waals surface area contributed by atoms with Crippen LogP contribution in [0.25, 0.3) is 5.69 Å². The van der Waals surface area contributed by atoms with Crippen molar-refractivity contribution < 1.29 is 9.18 Å². The first-order chi connectivity index (χ1) is 10.2. The van der Waals surface area contributed by atoms with Crippen molar-refractivity contribution in [3.05, 3.63) is 36.7 Å². The zero-order valence-corrected chi connectivity index (χ0v) is 11.4. The molecular weight excluding hydrogens is 273 g/mol. The highest BCUT2D eigenvalue weighted by molar-refractivity contribution is 5.92. The molecule has 1 atom stereocenters. The quantitative estimate of drug-likeness (QED) is 0.894. The van der Waals surface area contributed by atoms with Gasteiger partial charge in [0.2, 0.25) is 5.91 Å². The number of nitrogens with one attached hydrogen (secondary N) is 2. The number of carbonyl (C=O) groups is 1.